The van der Waals surface area contributed by atoms with Gasteiger partial charge in [-0.15, -0.1) is 0 Å². The molecule has 0 unspecified atom stereocenters. The van der Waals surface area contributed by atoms with Crippen LogP contribution in [0.1, 0.15) is 65.2 Å². The standard InChI is InChI=1S/C21H34O3/c1-13-11-17-14(12-21(13,23-3)24-4)5-6-16-15(17)9-10-20(2)18(16)7-8-19(20)22/h13-18H,5-12H2,1-4H3/t13-,14+,15+,16-,17+,18+,20+/m1/s1. The zero-order valence-electron chi connectivity index (χ0n) is 15.8. The molecule has 0 heterocycles. The van der Waals surface area contributed by atoms with Crippen molar-refractivity contribution in [2.24, 2.45) is 40.9 Å². The van der Waals surface area contributed by atoms with E-state index in [2.05, 4.69) is 13.8 Å². The van der Waals surface area contributed by atoms with Crippen molar-refractivity contribution in [3.8, 4) is 0 Å². The second-order valence-electron chi connectivity index (χ2n) is 9.41. The van der Waals surface area contributed by atoms with Crippen molar-refractivity contribution in [2.45, 2.75) is 71.0 Å². The van der Waals surface area contributed by atoms with E-state index in [9.17, 15) is 4.79 Å². The van der Waals surface area contributed by atoms with Gasteiger partial charge >= 0.3 is 0 Å². The molecule has 3 heteroatoms. The molecule has 4 saturated carbocycles. The van der Waals surface area contributed by atoms with Gasteiger partial charge in [0, 0.05) is 38.4 Å². The Morgan fingerprint density at radius 2 is 1.75 bits per heavy atom. The fraction of sp³-hybridized carbons (Fsp3) is 0.952. The van der Waals surface area contributed by atoms with Crippen molar-refractivity contribution in [1.29, 1.82) is 0 Å². The van der Waals surface area contributed by atoms with Gasteiger partial charge in [0.2, 0.25) is 0 Å². The number of ether oxygens (including phenoxy) is 2. The summed E-state index contributed by atoms with van der Waals surface area (Å²) < 4.78 is 11.7. The predicted molar refractivity (Wildman–Crippen MR) is 93.4 cm³/mol. The van der Waals surface area contributed by atoms with Crippen molar-refractivity contribution < 1.29 is 14.3 Å². The second-order valence-corrected chi connectivity index (χ2v) is 9.41. The van der Waals surface area contributed by atoms with Crippen LogP contribution >= 0.6 is 0 Å². The minimum Gasteiger partial charge on any atom is -0.353 e. The van der Waals surface area contributed by atoms with Crippen LogP contribution in [0.4, 0.5) is 0 Å². The lowest BCUT2D eigenvalue weighted by atomic mass is 9.49. The highest BCUT2D eigenvalue weighted by Gasteiger charge is 2.59. The molecule has 24 heavy (non-hydrogen) atoms. The zero-order valence-corrected chi connectivity index (χ0v) is 15.8. The Hall–Kier alpha value is -0.410. The molecule has 136 valence electrons. The Bertz CT molecular complexity index is 511. The summed E-state index contributed by atoms with van der Waals surface area (Å²) in [5.41, 5.74) is 0.0110. The molecule has 0 bridgehead atoms. The molecule has 4 aliphatic rings. The summed E-state index contributed by atoms with van der Waals surface area (Å²) >= 11 is 0. The van der Waals surface area contributed by atoms with Crippen LogP contribution in [0.25, 0.3) is 0 Å². The smallest absolute Gasteiger partial charge is 0.170 e. The van der Waals surface area contributed by atoms with E-state index >= 15 is 0 Å². The van der Waals surface area contributed by atoms with E-state index in [0.717, 1.165) is 49.4 Å². The molecule has 0 aromatic rings. The lowest BCUT2D eigenvalue weighted by Gasteiger charge is -2.57. The van der Waals surface area contributed by atoms with Crippen molar-refractivity contribution in [3.63, 3.8) is 0 Å². The van der Waals surface area contributed by atoms with Crippen molar-refractivity contribution in [2.75, 3.05) is 14.2 Å². The largest absolute Gasteiger partial charge is 0.353 e. The summed E-state index contributed by atoms with van der Waals surface area (Å²) in [5.74, 6) is 4.48. The molecule has 7 atom stereocenters. The van der Waals surface area contributed by atoms with Crippen LogP contribution in [0.2, 0.25) is 0 Å². The highest BCUT2D eigenvalue weighted by Crippen LogP contribution is 2.62. The van der Waals surface area contributed by atoms with E-state index in [1.165, 1.54) is 25.7 Å². The molecular formula is C21H34O3. The maximum absolute atomic E-state index is 12.5. The van der Waals surface area contributed by atoms with Crippen LogP contribution in [0.15, 0.2) is 0 Å². The van der Waals surface area contributed by atoms with Crippen molar-refractivity contribution in [1.82, 2.24) is 0 Å². The first kappa shape index (κ1) is 17.0. The summed E-state index contributed by atoms with van der Waals surface area (Å²) in [7, 11) is 3.62. The number of hydrogen-bond donors (Lipinski definition) is 0. The van der Waals surface area contributed by atoms with Crippen molar-refractivity contribution >= 4 is 5.78 Å². The molecule has 4 aliphatic carbocycles. The average Bonchev–Trinajstić information content (AvgIpc) is 2.89. The van der Waals surface area contributed by atoms with Gasteiger partial charge in [0.25, 0.3) is 0 Å². The lowest BCUT2D eigenvalue weighted by Crippen LogP contribution is -2.54. The molecule has 4 fully saturated rings. The first-order chi connectivity index (χ1) is 11.4. The number of methoxy groups -OCH3 is 2. The minimum absolute atomic E-state index is 0.0110. The monoisotopic (exact) mass is 334 g/mol. The Morgan fingerprint density at radius 1 is 1.00 bits per heavy atom. The quantitative estimate of drug-likeness (QED) is 0.700. The van der Waals surface area contributed by atoms with Gasteiger partial charge in [-0.3, -0.25) is 4.79 Å². The van der Waals surface area contributed by atoms with Gasteiger partial charge in [0.15, 0.2) is 5.79 Å². The number of Topliss-reactive ketones (excluding diaryl/α,β-unsaturated/α-hetero) is 1. The Balaban J connectivity index is 1.57. The molecule has 0 amide bonds. The lowest BCUT2D eigenvalue weighted by molar-refractivity contribution is -0.273. The molecule has 0 radical (unpaired) electrons. The zero-order chi connectivity index (χ0) is 17.1. The predicted octanol–water partition coefficient (Wildman–Crippen LogP) is 4.44. The van der Waals surface area contributed by atoms with Crippen LogP contribution < -0.4 is 0 Å². The van der Waals surface area contributed by atoms with Crippen LogP contribution in [0.5, 0.6) is 0 Å². The topological polar surface area (TPSA) is 35.5 Å². The SMILES string of the molecule is COC1(OC)C[C@@H]2CC[C@@H]3[C@H](CC[C@]4(C)C(=O)CC[C@@H]34)[C@H]2C[C@H]1C. The first-order valence-corrected chi connectivity index (χ1v) is 10.1. The summed E-state index contributed by atoms with van der Waals surface area (Å²) in [6.45, 7) is 4.58. The normalized spacial score (nSPS) is 50.1. The van der Waals surface area contributed by atoms with E-state index in [4.69, 9.17) is 9.47 Å². The van der Waals surface area contributed by atoms with E-state index < -0.39 is 0 Å². The fourth-order valence-electron chi connectivity index (χ4n) is 7.43. The number of fused-ring (bicyclic) bond motifs is 5. The molecule has 4 rings (SSSR count). The highest BCUT2D eigenvalue weighted by molar-refractivity contribution is 5.87. The molecule has 0 N–H and O–H groups in total. The molecular weight excluding hydrogens is 300 g/mol. The van der Waals surface area contributed by atoms with Gasteiger partial charge in [-0.2, -0.15) is 0 Å². The molecule has 0 aromatic carbocycles. The summed E-state index contributed by atoms with van der Waals surface area (Å²) in [6.07, 6.45) is 9.29. The molecule has 0 aliphatic heterocycles. The Morgan fingerprint density at radius 3 is 2.46 bits per heavy atom. The summed E-state index contributed by atoms with van der Waals surface area (Å²) in [4.78, 5) is 12.5. The van der Waals surface area contributed by atoms with E-state index in [1.54, 1.807) is 0 Å². The van der Waals surface area contributed by atoms with Crippen LogP contribution in [0.3, 0.4) is 0 Å². The van der Waals surface area contributed by atoms with Crippen molar-refractivity contribution in [3.05, 3.63) is 0 Å². The fourth-order valence-corrected chi connectivity index (χ4v) is 7.43. The second kappa shape index (κ2) is 5.81. The number of hydrogen-bond acceptors (Lipinski definition) is 3. The van der Waals surface area contributed by atoms with Crippen LogP contribution in [0, 0.1) is 40.9 Å². The number of ketones is 1. The minimum atomic E-state index is -0.374. The van der Waals surface area contributed by atoms with Crippen LogP contribution in [-0.2, 0) is 14.3 Å². The van der Waals surface area contributed by atoms with Gasteiger partial charge in [-0.25, -0.2) is 0 Å². The van der Waals surface area contributed by atoms with E-state index in [0.29, 0.717) is 17.6 Å². The first-order valence-electron chi connectivity index (χ1n) is 10.1. The number of carbonyl (C=O) groups excluding carboxylic acids is 1. The third-order valence-electron chi connectivity index (χ3n) is 8.84. The van der Waals surface area contributed by atoms with E-state index in [-0.39, 0.29) is 11.2 Å². The van der Waals surface area contributed by atoms with Gasteiger partial charge in [0.05, 0.1) is 0 Å². The van der Waals surface area contributed by atoms with Gasteiger partial charge in [-0.05, 0) is 68.1 Å². The molecule has 0 aromatic heterocycles. The average molecular weight is 335 g/mol. The molecule has 0 saturated heterocycles. The third-order valence-corrected chi connectivity index (χ3v) is 8.84. The summed E-state index contributed by atoms with van der Waals surface area (Å²) in [6, 6.07) is 0. The maximum Gasteiger partial charge on any atom is 0.170 e. The number of rotatable bonds is 2. The Labute approximate surface area is 146 Å². The highest BCUT2D eigenvalue weighted by atomic mass is 16.7. The summed E-state index contributed by atoms with van der Waals surface area (Å²) in [5, 5.41) is 0. The molecule has 0 spiro atoms. The molecule has 3 nitrogen and oxygen atoms in total. The van der Waals surface area contributed by atoms with Gasteiger partial charge < -0.3 is 9.47 Å². The number of carbonyl (C=O) groups is 1. The maximum atomic E-state index is 12.5. The van der Waals surface area contributed by atoms with E-state index in [1.807, 2.05) is 14.2 Å². The van der Waals surface area contributed by atoms with Gasteiger partial charge in [0.1, 0.15) is 5.78 Å². The Kier molecular flexibility index (Phi) is 4.12. The third kappa shape index (κ3) is 2.19. The van der Waals surface area contributed by atoms with Gasteiger partial charge in [-0.1, -0.05) is 13.8 Å². The van der Waals surface area contributed by atoms with Crippen LogP contribution in [-0.4, -0.2) is 25.8 Å².